The molecule has 0 radical (unpaired) electrons. The molecule has 94 valence electrons. The summed E-state index contributed by atoms with van der Waals surface area (Å²) in [6.07, 6.45) is 0. The van der Waals surface area contributed by atoms with Crippen LogP contribution in [0.25, 0.3) is 0 Å². The second-order valence-electron chi connectivity index (χ2n) is 4.00. The minimum atomic E-state index is 0.522. The standard InChI is InChI=1S/C15H15ClO2/c1-11-9-15(4-3-12(11)10-16)18-14-7-5-13(17-2)6-8-14/h3-9H,10H2,1-2H3. The van der Waals surface area contributed by atoms with Gasteiger partial charge in [0, 0.05) is 5.88 Å². The van der Waals surface area contributed by atoms with Crippen LogP contribution in [0.3, 0.4) is 0 Å². The van der Waals surface area contributed by atoms with Crippen molar-refractivity contribution in [2.24, 2.45) is 0 Å². The largest absolute Gasteiger partial charge is 0.497 e. The molecule has 0 aliphatic rings. The molecule has 0 unspecified atom stereocenters. The monoisotopic (exact) mass is 262 g/mol. The van der Waals surface area contributed by atoms with Gasteiger partial charge in [0.25, 0.3) is 0 Å². The van der Waals surface area contributed by atoms with E-state index in [4.69, 9.17) is 21.1 Å². The van der Waals surface area contributed by atoms with Gasteiger partial charge in [0.15, 0.2) is 0 Å². The van der Waals surface area contributed by atoms with E-state index < -0.39 is 0 Å². The predicted molar refractivity (Wildman–Crippen MR) is 73.8 cm³/mol. The van der Waals surface area contributed by atoms with Gasteiger partial charge in [-0.15, -0.1) is 11.6 Å². The van der Waals surface area contributed by atoms with Crippen molar-refractivity contribution in [2.45, 2.75) is 12.8 Å². The first-order chi connectivity index (χ1) is 8.72. The maximum Gasteiger partial charge on any atom is 0.127 e. The van der Waals surface area contributed by atoms with Crippen LogP contribution >= 0.6 is 11.6 Å². The van der Waals surface area contributed by atoms with Crippen molar-refractivity contribution in [2.75, 3.05) is 7.11 Å². The van der Waals surface area contributed by atoms with Crippen LogP contribution in [0.5, 0.6) is 17.2 Å². The molecule has 3 heteroatoms. The first kappa shape index (κ1) is 12.8. The van der Waals surface area contributed by atoms with Gasteiger partial charge in [-0.1, -0.05) is 6.07 Å². The molecule has 0 saturated heterocycles. The number of alkyl halides is 1. The molecule has 0 N–H and O–H groups in total. The minimum Gasteiger partial charge on any atom is -0.497 e. The molecule has 0 bridgehead atoms. The van der Waals surface area contributed by atoms with Crippen LogP contribution in [-0.2, 0) is 5.88 Å². The van der Waals surface area contributed by atoms with Crippen LogP contribution in [0.4, 0.5) is 0 Å². The van der Waals surface area contributed by atoms with Crippen molar-refractivity contribution in [1.82, 2.24) is 0 Å². The Balaban J connectivity index is 2.15. The van der Waals surface area contributed by atoms with Crippen LogP contribution in [0.15, 0.2) is 42.5 Å². The lowest BCUT2D eigenvalue weighted by Crippen LogP contribution is -1.89. The number of halogens is 1. The Bertz CT molecular complexity index is 521. The quantitative estimate of drug-likeness (QED) is 0.754. The summed E-state index contributed by atoms with van der Waals surface area (Å²) in [6, 6.07) is 13.4. The lowest BCUT2D eigenvalue weighted by molar-refractivity contribution is 0.413. The summed E-state index contributed by atoms with van der Waals surface area (Å²) in [5.74, 6) is 2.94. The SMILES string of the molecule is COc1ccc(Oc2ccc(CCl)c(C)c2)cc1. The van der Waals surface area contributed by atoms with E-state index in [1.807, 2.05) is 49.4 Å². The van der Waals surface area contributed by atoms with Crippen molar-refractivity contribution in [3.05, 3.63) is 53.6 Å². The van der Waals surface area contributed by atoms with Crippen LogP contribution in [-0.4, -0.2) is 7.11 Å². The highest BCUT2D eigenvalue weighted by molar-refractivity contribution is 6.17. The minimum absolute atomic E-state index is 0.522. The molecule has 0 fully saturated rings. The van der Waals surface area contributed by atoms with E-state index >= 15 is 0 Å². The Morgan fingerprint density at radius 3 is 2.11 bits per heavy atom. The summed E-state index contributed by atoms with van der Waals surface area (Å²) in [5, 5.41) is 0. The van der Waals surface area contributed by atoms with E-state index in [2.05, 4.69) is 0 Å². The molecule has 2 aromatic rings. The smallest absolute Gasteiger partial charge is 0.127 e. The van der Waals surface area contributed by atoms with E-state index in [0.717, 1.165) is 28.4 Å². The summed E-state index contributed by atoms with van der Waals surface area (Å²) in [4.78, 5) is 0. The zero-order valence-corrected chi connectivity index (χ0v) is 11.2. The average Bonchev–Trinajstić information content (AvgIpc) is 2.40. The van der Waals surface area contributed by atoms with Crippen molar-refractivity contribution in [3.8, 4) is 17.2 Å². The van der Waals surface area contributed by atoms with Gasteiger partial charge in [0.2, 0.25) is 0 Å². The normalized spacial score (nSPS) is 10.2. The van der Waals surface area contributed by atoms with E-state index in [0.29, 0.717) is 5.88 Å². The number of aryl methyl sites for hydroxylation is 1. The van der Waals surface area contributed by atoms with Gasteiger partial charge < -0.3 is 9.47 Å². The van der Waals surface area contributed by atoms with E-state index in [9.17, 15) is 0 Å². The summed E-state index contributed by atoms with van der Waals surface area (Å²) < 4.78 is 10.9. The number of benzene rings is 2. The van der Waals surface area contributed by atoms with Crippen molar-refractivity contribution in [1.29, 1.82) is 0 Å². The van der Waals surface area contributed by atoms with Crippen LogP contribution in [0.1, 0.15) is 11.1 Å². The van der Waals surface area contributed by atoms with Crippen LogP contribution < -0.4 is 9.47 Å². The molecule has 0 aromatic heterocycles. The molecule has 0 heterocycles. The summed E-state index contributed by atoms with van der Waals surface area (Å²) in [5.41, 5.74) is 2.26. The topological polar surface area (TPSA) is 18.5 Å². The fourth-order valence-corrected chi connectivity index (χ4v) is 1.96. The first-order valence-corrected chi connectivity index (χ1v) is 6.24. The molecule has 0 spiro atoms. The lowest BCUT2D eigenvalue weighted by atomic mass is 10.1. The van der Waals surface area contributed by atoms with E-state index in [-0.39, 0.29) is 0 Å². The van der Waals surface area contributed by atoms with Gasteiger partial charge in [0.1, 0.15) is 17.2 Å². The van der Waals surface area contributed by atoms with Crippen LogP contribution in [0, 0.1) is 6.92 Å². The van der Waals surface area contributed by atoms with Crippen LogP contribution in [0.2, 0.25) is 0 Å². The predicted octanol–water partition coefficient (Wildman–Crippen LogP) is 4.53. The molecule has 2 nitrogen and oxygen atoms in total. The Morgan fingerprint density at radius 2 is 1.56 bits per heavy atom. The third kappa shape index (κ3) is 2.96. The Morgan fingerprint density at radius 1 is 0.944 bits per heavy atom. The molecule has 0 aliphatic heterocycles. The van der Waals surface area contributed by atoms with Gasteiger partial charge in [-0.25, -0.2) is 0 Å². The van der Waals surface area contributed by atoms with Gasteiger partial charge in [0.05, 0.1) is 7.11 Å². The summed E-state index contributed by atoms with van der Waals surface area (Å²) in [7, 11) is 1.64. The lowest BCUT2D eigenvalue weighted by Gasteiger charge is -2.09. The molecule has 2 aromatic carbocycles. The molecule has 18 heavy (non-hydrogen) atoms. The number of methoxy groups -OCH3 is 1. The van der Waals surface area contributed by atoms with Gasteiger partial charge >= 0.3 is 0 Å². The van der Waals surface area contributed by atoms with Crippen molar-refractivity contribution >= 4 is 11.6 Å². The third-order valence-corrected chi connectivity index (χ3v) is 3.04. The highest BCUT2D eigenvalue weighted by Gasteiger charge is 2.01. The fraction of sp³-hybridized carbons (Fsp3) is 0.200. The zero-order chi connectivity index (χ0) is 13.0. The fourth-order valence-electron chi connectivity index (χ4n) is 1.66. The van der Waals surface area contributed by atoms with Gasteiger partial charge in [-0.05, 0) is 54.4 Å². The Kier molecular flexibility index (Phi) is 4.11. The van der Waals surface area contributed by atoms with E-state index in [1.54, 1.807) is 7.11 Å². The highest BCUT2D eigenvalue weighted by Crippen LogP contribution is 2.26. The molecule has 2 rings (SSSR count). The van der Waals surface area contributed by atoms with Crippen molar-refractivity contribution < 1.29 is 9.47 Å². The Labute approximate surface area is 112 Å². The Hall–Kier alpha value is -1.67. The maximum atomic E-state index is 5.82. The third-order valence-electron chi connectivity index (χ3n) is 2.75. The summed E-state index contributed by atoms with van der Waals surface area (Å²) >= 11 is 5.82. The highest BCUT2D eigenvalue weighted by atomic mass is 35.5. The number of ether oxygens (including phenoxy) is 2. The second kappa shape index (κ2) is 5.78. The molecule has 0 amide bonds. The second-order valence-corrected chi connectivity index (χ2v) is 4.27. The molecular weight excluding hydrogens is 248 g/mol. The molecule has 0 saturated carbocycles. The number of rotatable bonds is 4. The molecule has 0 atom stereocenters. The zero-order valence-electron chi connectivity index (χ0n) is 10.4. The number of hydrogen-bond donors (Lipinski definition) is 0. The molecular formula is C15H15ClO2. The van der Waals surface area contributed by atoms with Gasteiger partial charge in [-0.3, -0.25) is 0 Å². The van der Waals surface area contributed by atoms with Gasteiger partial charge in [-0.2, -0.15) is 0 Å². The maximum absolute atomic E-state index is 5.82. The molecule has 0 aliphatic carbocycles. The number of hydrogen-bond acceptors (Lipinski definition) is 2. The first-order valence-electron chi connectivity index (χ1n) is 5.70. The van der Waals surface area contributed by atoms with E-state index in [1.165, 1.54) is 0 Å². The average molecular weight is 263 g/mol. The summed E-state index contributed by atoms with van der Waals surface area (Å²) in [6.45, 7) is 2.03. The van der Waals surface area contributed by atoms with Crippen molar-refractivity contribution in [3.63, 3.8) is 0 Å².